The summed E-state index contributed by atoms with van der Waals surface area (Å²) in [6.45, 7) is 19.8. The zero-order valence-corrected chi connectivity index (χ0v) is 12.4. The Morgan fingerprint density at radius 3 is 1.25 bits per heavy atom. The van der Waals surface area contributed by atoms with E-state index in [4.69, 9.17) is 0 Å². The van der Waals surface area contributed by atoms with Crippen LogP contribution in [0.1, 0.15) is 34.6 Å². The number of rotatable bonds is 1. The fraction of sp³-hybridized carbons (Fsp3) is 0.455. The first-order valence-corrected chi connectivity index (χ1v) is 3.85. The second-order valence-electron chi connectivity index (χ2n) is 2.07. The van der Waals surface area contributed by atoms with Gasteiger partial charge in [-0.05, 0) is 20.8 Å². The Morgan fingerprint density at radius 2 is 1.25 bits per heavy atom. The maximum absolute atomic E-state index is 3.72. The van der Waals surface area contributed by atoms with E-state index in [9.17, 15) is 0 Å². The normalized spacial score (nSPS) is 5.58. The molecule has 68 valence electrons. The summed E-state index contributed by atoms with van der Waals surface area (Å²) in [5.41, 5.74) is 2.44. The monoisotopic (exact) mass is 218 g/mol. The number of allylic oxidation sites excluding steroid dienone is 3. The molecule has 0 aromatic heterocycles. The van der Waals surface area contributed by atoms with Crippen LogP contribution < -0.4 is 0 Å². The summed E-state index contributed by atoms with van der Waals surface area (Å²) in [6, 6.07) is 0. The van der Waals surface area contributed by atoms with Crippen molar-refractivity contribution in [3.8, 4) is 0 Å². The first kappa shape index (κ1) is 22.7. The molecule has 0 atom stereocenters. The van der Waals surface area contributed by atoms with E-state index in [1.807, 2.05) is 6.92 Å². The van der Waals surface area contributed by atoms with Crippen LogP contribution in [-0.4, -0.2) is 0 Å². The van der Waals surface area contributed by atoms with Crippen LogP contribution in [-0.2, 0) is 19.5 Å². The van der Waals surface area contributed by atoms with Crippen LogP contribution in [0, 0.1) is 13.8 Å². The van der Waals surface area contributed by atoms with Gasteiger partial charge in [-0.2, -0.15) is 13.8 Å². The van der Waals surface area contributed by atoms with E-state index >= 15 is 0 Å². The van der Waals surface area contributed by atoms with Crippen LogP contribution in [0.4, 0.5) is 0 Å². The minimum Gasteiger partial charge on any atom is -0.346 e. The van der Waals surface area contributed by atoms with Crippen LogP contribution in [0.25, 0.3) is 0 Å². The van der Waals surface area contributed by atoms with Crippen LogP contribution in [0.2, 0.25) is 0 Å². The van der Waals surface area contributed by atoms with E-state index in [-0.39, 0.29) is 19.5 Å². The second kappa shape index (κ2) is 22.5. The summed E-state index contributed by atoms with van der Waals surface area (Å²) < 4.78 is 0. The Balaban J connectivity index is -0.0000000560. The van der Waals surface area contributed by atoms with Gasteiger partial charge < -0.3 is 13.8 Å². The van der Waals surface area contributed by atoms with Gasteiger partial charge in [-0.1, -0.05) is 23.8 Å². The van der Waals surface area contributed by atoms with Crippen molar-refractivity contribution in [2.45, 2.75) is 34.6 Å². The molecule has 0 bridgehead atoms. The van der Waals surface area contributed by atoms with Crippen molar-refractivity contribution >= 4 is 0 Å². The first-order valence-electron chi connectivity index (χ1n) is 3.85. The van der Waals surface area contributed by atoms with Crippen molar-refractivity contribution in [1.82, 2.24) is 0 Å². The predicted octanol–water partition coefficient (Wildman–Crippen LogP) is 4.21. The van der Waals surface area contributed by atoms with Gasteiger partial charge in [0.15, 0.2) is 0 Å². The fourth-order valence-electron chi connectivity index (χ4n) is 0.493. The number of hydrogen-bond donors (Lipinski definition) is 0. The van der Waals surface area contributed by atoms with Gasteiger partial charge in [0.25, 0.3) is 0 Å². The van der Waals surface area contributed by atoms with Gasteiger partial charge in [0, 0.05) is 0 Å². The molecule has 0 unspecified atom stereocenters. The Labute approximate surface area is 91.9 Å². The minimum absolute atomic E-state index is 0. The van der Waals surface area contributed by atoms with Crippen LogP contribution in [0.15, 0.2) is 23.8 Å². The van der Waals surface area contributed by atoms with E-state index in [2.05, 4.69) is 40.3 Å². The molecule has 0 aliphatic carbocycles. The Morgan fingerprint density at radius 1 is 1.00 bits per heavy atom. The molecule has 0 radical (unpaired) electrons. The van der Waals surface area contributed by atoms with E-state index < -0.39 is 0 Å². The summed E-state index contributed by atoms with van der Waals surface area (Å²) >= 11 is 0. The summed E-state index contributed by atoms with van der Waals surface area (Å²) in [5, 5.41) is 0. The molecule has 0 nitrogen and oxygen atoms in total. The van der Waals surface area contributed by atoms with Gasteiger partial charge in [0.05, 0.1) is 0 Å². The minimum atomic E-state index is 0. The Bertz CT molecular complexity index is 97.6. The SMILES string of the molecule is C=C(C)C=C(C)C.[CH2-]C.[CH2-]C.[Zn+2]. The van der Waals surface area contributed by atoms with Gasteiger partial charge in [-0.25, -0.2) is 0 Å². The van der Waals surface area contributed by atoms with Crippen molar-refractivity contribution in [3.63, 3.8) is 0 Å². The van der Waals surface area contributed by atoms with Crippen LogP contribution in [0.5, 0.6) is 0 Å². The molecule has 0 amide bonds. The molecule has 0 rings (SSSR count). The molecule has 0 spiro atoms. The smallest absolute Gasteiger partial charge is 0.346 e. The molecular weight excluding hydrogens is 198 g/mol. The summed E-state index contributed by atoms with van der Waals surface area (Å²) in [4.78, 5) is 0. The molecule has 0 aromatic carbocycles. The van der Waals surface area contributed by atoms with Crippen molar-refractivity contribution in [2.75, 3.05) is 0 Å². The molecule has 12 heavy (non-hydrogen) atoms. The zero-order chi connectivity index (χ0) is 9.86. The van der Waals surface area contributed by atoms with Gasteiger partial charge in [-0.15, -0.1) is 0 Å². The number of hydrogen-bond acceptors (Lipinski definition) is 0. The van der Waals surface area contributed by atoms with Crippen molar-refractivity contribution < 1.29 is 19.5 Å². The van der Waals surface area contributed by atoms with E-state index in [1.54, 1.807) is 13.8 Å². The van der Waals surface area contributed by atoms with Crippen molar-refractivity contribution in [1.29, 1.82) is 0 Å². The van der Waals surface area contributed by atoms with Gasteiger partial charge in [0.1, 0.15) is 0 Å². The fourth-order valence-corrected chi connectivity index (χ4v) is 0.493. The average molecular weight is 220 g/mol. The third kappa shape index (κ3) is 49.7. The van der Waals surface area contributed by atoms with Crippen LogP contribution in [0.3, 0.4) is 0 Å². The summed E-state index contributed by atoms with van der Waals surface area (Å²) in [5.74, 6) is 0. The van der Waals surface area contributed by atoms with Crippen molar-refractivity contribution in [3.05, 3.63) is 37.6 Å². The quantitative estimate of drug-likeness (QED) is 0.352. The largest absolute Gasteiger partial charge is 2.00 e. The molecule has 0 aliphatic heterocycles. The summed E-state index contributed by atoms with van der Waals surface area (Å²) in [6.07, 6.45) is 2.06. The molecule has 0 saturated carbocycles. The van der Waals surface area contributed by atoms with E-state index in [0.717, 1.165) is 5.57 Å². The molecular formula is C11H22Zn. The molecule has 0 N–H and O–H groups in total. The van der Waals surface area contributed by atoms with E-state index in [0.29, 0.717) is 0 Å². The maximum atomic E-state index is 3.72. The Hall–Kier alpha value is 0.103. The second-order valence-corrected chi connectivity index (χ2v) is 2.07. The van der Waals surface area contributed by atoms with Gasteiger partial charge in [0.2, 0.25) is 0 Å². The summed E-state index contributed by atoms with van der Waals surface area (Å²) in [7, 11) is 0. The maximum Gasteiger partial charge on any atom is 2.00 e. The standard InChI is InChI=1S/C7H12.2C2H5.Zn/c1-6(2)5-7(3)4;2*1-2;/h5H,1H2,2-4H3;2*1H2,2H3;/q;2*-1;+2. The molecule has 0 heterocycles. The molecule has 0 saturated heterocycles. The van der Waals surface area contributed by atoms with Gasteiger partial charge in [-0.3, -0.25) is 0 Å². The first-order chi connectivity index (χ1) is 5.13. The van der Waals surface area contributed by atoms with Crippen molar-refractivity contribution in [2.24, 2.45) is 0 Å². The third-order valence-corrected chi connectivity index (χ3v) is 0.535. The molecule has 0 aliphatic rings. The molecule has 0 fully saturated rings. The van der Waals surface area contributed by atoms with E-state index in [1.165, 1.54) is 5.57 Å². The zero-order valence-electron chi connectivity index (χ0n) is 9.41. The Kier molecular flexibility index (Phi) is 42.5. The van der Waals surface area contributed by atoms with Gasteiger partial charge >= 0.3 is 19.5 Å². The average Bonchev–Trinajstić information content (AvgIpc) is 1.93. The topological polar surface area (TPSA) is 0 Å². The molecule has 1 heteroatoms. The third-order valence-electron chi connectivity index (χ3n) is 0.535. The predicted molar refractivity (Wildman–Crippen MR) is 56.3 cm³/mol. The molecule has 0 aromatic rings. The van der Waals surface area contributed by atoms with Crippen LogP contribution >= 0.6 is 0 Å².